The number of phenols is 2. The summed E-state index contributed by atoms with van der Waals surface area (Å²) in [6.45, 7) is 18.5. The van der Waals surface area contributed by atoms with E-state index in [0.717, 1.165) is 68.8 Å². The van der Waals surface area contributed by atoms with E-state index in [2.05, 4.69) is 110 Å². The Hall–Kier alpha value is -3.26. The minimum atomic E-state index is 0.301. The minimum Gasteiger partial charge on any atom is -0.507 e. The van der Waals surface area contributed by atoms with E-state index in [1.165, 1.54) is 24.0 Å². The number of hydrogen-bond acceptors (Lipinski definition) is 2. The van der Waals surface area contributed by atoms with Crippen LogP contribution in [0.2, 0.25) is 0 Å². The van der Waals surface area contributed by atoms with E-state index in [1.54, 1.807) is 0 Å². The van der Waals surface area contributed by atoms with Crippen molar-refractivity contribution in [2.45, 2.75) is 93.9 Å². The molecule has 2 heteroatoms. The van der Waals surface area contributed by atoms with Crippen molar-refractivity contribution in [1.82, 2.24) is 0 Å². The maximum Gasteiger partial charge on any atom is 0.131 e. The Morgan fingerprint density at radius 3 is 1.24 bits per heavy atom. The Bertz CT molecular complexity index is 1620. The number of aryl methyl sites for hydroxylation is 2. The highest BCUT2D eigenvalue weighted by Crippen LogP contribution is 2.41. The summed E-state index contributed by atoms with van der Waals surface area (Å²) in [7, 11) is 0. The van der Waals surface area contributed by atoms with E-state index in [9.17, 15) is 10.2 Å². The maximum absolute atomic E-state index is 11.5. The van der Waals surface area contributed by atoms with Crippen LogP contribution in [0.3, 0.4) is 0 Å². The van der Waals surface area contributed by atoms with Gasteiger partial charge in [-0.2, -0.15) is 0 Å². The summed E-state index contributed by atoms with van der Waals surface area (Å²) in [6, 6.07) is 21.4. The Morgan fingerprint density at radius 1 is 0.500 bits per heavy atom. The second-order valence-electron chi connectivity index (χ2n) is 15.7. The molecule has 222 valence electrons. The molecule has 5 aromatic rings. The van der Waals surface area contributed by atoms with Crippen molar-refractivity contribution in [3.8, 4) is 11.5 Å². The highest BCUT2D eigenvalue weighted by molar-refractivity contribution is 6.14. The van der Waals surface area contributed by atoms with Crippen molar-refractivity contribution in [3.63, 3.8) is 0 Å². The molecule has 5 rings (SSSR count). The fraction of sp³-hybridized carbons (Fsp3) is 0.450. The van der Waals surface area contributed by atoms with E-state index >= 15 is 0 Å². The van der Waals surface area contributed by atoms with Crippen molar-refractivity contribution in [2.24, 2.45) is 22.7 Å². The van der Waals surface area contributed by atoms with Crippen LogP contribution in [-0.2, 0) is 12.8 Å². The van der Waals surface area contributed by atoms with Crippen LogP contribution in [0, 0.1) is 22.7 Å². The third-order valence-electron chi connectivity index (χ3n) is 8.87. The van der Waals surface area contributed by atoms with Gasteiger partial charge in [-0.15, -0.1) is 0 Å². The Kier molecular flexibility index (Phi) is 8.23. The first kappa shape index (κ1) is 30.2. The SMILES string of the molecule is CC(CCc1ccc2cc3cc4cc5ccc(CCC(C)CC(C)(C)C)cc5c(O)c4cc3c(O)c2c1)CC(C)(C)C. The predicted molar refractivity (Wildman–Crippen MR) is 183 cm³/mol. The third kappa shape index (κ3) is 6.86. The largest absolute Gasteiger partial charge is 0.507 e. The summed E-state index contributed by atoms with van der Waals surface area (Å²) in [5.74, 6) is 1.91. The van der Waals surface area contributed by atoms with E-state index in [-0.39, 0.29) is 0 Å². The van der Waals surface area contributed by atoms with Gasteiger partial charge in [0.1, 0.15) is 11.5 Å². The second-order valence-corrected chi connectivity index (χ2v) is 15.7. The lowest BCUT2D eigenvalue weighted by molar-refractivity contribution is 0.296. The Balaban J connectivity index is 1.48. The fourth-order valence-electron chi connectivity index (χ4n) is 7.21. The molecule has 2 N–H and O–H groups in total. The smallest absolute Gasteiger partial charge is 0.131 e. The topological polar surface area (TPSA) is 40.5 Å². The summed E-state index contributed by atoms with van der Waals surface area (Å²) >= 11 is 0. The molecule has 2 atom stereocenters. The predicted octanol–water partition coefficient (Wildman–Crippen LogP) is 11.7. The molecule has 0 bridgehead atoms. The highest BCUT2D eigenvalue weighted by Gasteiger charge is 2.18. The van der Waals surface area contributed by atoms with Gasteiger partial charge in [0.2, 0.25) is 0 Å². The lowest BCUT2D eigenvalue weighted by atomic mass is 9.83. The molecule has 2 nitrogen and oxygen atoms in total. The average Bonchev–Trinajstić information content (AvgIpc) is 2.89. The average molecular weight is 563 g/mol. The van der Waals surface area contributed by atoms with Crippen LogP contribution in [0.5, 0.6) is 11.5 Å². The number of aromatic hydroxyl groups is 2. The molecular formula is C40H50O2. The van der Waals surface area contributed by atoms with Gasteiger partial charge in [-0.1, -0.05) is 79.7 Å². The number of hydrogen-bond donors (Lipinski definition) is 2. The van der Waals surface area contributed by atoms with Crippen LogP contribution in [0.4, 0.5) is 0 Å². The van der Waals surface area contributed by atoms with Gasteiger partial charge in [-0.3, -0.25) is 0 Å². The van der Waals surface area contributed by atoms with Crippen molar-refractivity contribution in [3.05, 3.63) is 71.8 Å². The molecule has 0 fully saturated rings. The van der Waals surface area contributed by atoms with E-state index in [0.29, 0.717) is 34.2 Å². The van der Waals surface area contributed by atoms with Gasteiger partial charge in [0.05, 0.1) is 0 Å². The van der Waals surface area contributed by atoms with Crippen LogP contribution in [0.25, 0.3) is 43.1 Å². The molecule has 0 aliphatic carbocycles. The molecule has 5 aromatic carbocycles. The van der Waals surface area contributed by atoms with E-state index in [4.69, 9.17) is 0 Å². The van der Waals surface area contributed by atoms with Crippen molar-refractivity contribution in [1.29, 1.82) is 0 Å². The van der Waals surface area contributed by atoms with Crippen molar-refractivity contribution in [2.75, 3.05) is 0 Å². The summed E-state index contributed by atoms with van der Waals surface area (Å²) in [6.07, 6.45) is 6.71. The highest BCUT2D eigenvalue weighted by atomic mass is 16.3. The normalized spacial score (nSPS) is 14.3. The molecule has 0 aliphatic rings. The van der Waals surface area contributed by atoms with Gasteiger partial charge in [-0.05, 0) is 130 Å². The quantitative estimate of drug-likeness (QED) is 0.185. The summed E-state index contributed by atoms with van der Waals surface area (Å²) < 4.78 is 0. The minimum absolute atomic E-state index is 0.301. The van der Waals surface area contributed by atoms with Gasteiger partial charge in [0, 0.05) is 21.5 Å². The van der Waals surface area contributed by atoms with Gasteiger partial charge in [0.25, 0.3) is 0 Å². The lowest BCUT2D eigenvalue weighted by Crippen LogP contribution is -2.11. The second kappa shape index (κ2) is 11.4. The molecule has 0 spiro atoms. The fourth-order valence-corrected chi connectivity index (χ4v) is 7.21. The molecule has 2 unspecified atom stereocenters. The molecule has 0 amide bonds. The van der Waals surface area contributed by atoms with Crippen molar-refractivity contribution >= 4 is 43.1 Å². The van der Waals surface area contributed by atoms with E-state index in [1.807, 2.05) is 6.07 Å². The number of rotatable bonds is 8. The molecule has 0 heterocycles. The standard InChI is InChI=1S/C40H50O2/c1-25(23-39(3,4)5)9-11-27-13-15-29-19-31-21-32-20-30-16-14-28(12-10-26(2)24-40(6,7)8)18-34(30)38(42)36(32)22-35(31)37(41)33(29)17-27/h13-22,25-26,41-42H,9-12,23-24H2,1-8H3. The van der Waals surface area contributed by atoms with Crippen LogP contribution < -0.4 is 0 Å². The third-order valence-corrected chi connectivity index (χ3v) is 8.87. The monoisotopic (exact) mass is 562 g/mol. The molecule has 0 saturated heterocycles. The maximum atomic E-state index is 11.5. The van der Waals surface area contributed by atoms with Crippen LogP contribution >= 0.6 is 0 Å². The zero-order valence-electron chi connectivity index (χ0n) is 27.1. The van der Waals surface area contributed by atoms with Crippen molar-refractivity contribution < 1.29 is 10.2 Å². The first-order valence-corrected chi connectivity index (χ1v) is 15.9. The van der Waals surface area contributed by atoms with Gasteiger partial charge in [-0.25, -0.2) is 0 Å². The molecule has 42 heavy (non-hydrogen) atoms. The zero-order chi connectivity index (χ0) is 30.4. The molecular weight excluding hydrogens is 512 g/mol. The summed E-state index contributed by atoms with van der Waals surface area (Å²) in [5, 5.41) is 30.4. The van der Waals surface area contributed by atoms with Gasteiger partial charge in [0.15, 0.2) is 0 Å². The van der Waals surface area contributed by atoms with Gasteiger partial charge >= 0.3 is 0 Å². The first-order chi connectivity index (χ1) is 19.7. The van der Waals surface area contributed by atoms with E-state index < -0.39 is 0 Å². The lowest BCUT2D eigenvalue weighted by Gasteiger charge is -2.23. The molecule has 0 aromatic heterocycles. The van der Waals surface area contributed by atoms with Crippen LogP contribution in [0.15, 0.2) is 60.7 Å². The number of phenolic OH excluding ortho intramolecular Hbond substituents is 2. The number of benzene rings is 5. The Morgan fingerprint density at radius 2 is 0.857 bits per heavy atom. The number of fused-ring (bicyclic) bond motifs is 4. The summed E-state index contributed by atoms with van der Waals surface area (Å²) in [4.78, 5) is 0. The molecule has 0 aliphatic heterocycles. The van der Waals surface area contributed by atoms with Crippen LogP contribution in [-0.4, -0.2) is 10.2 Å². The van der Waals surface area contributed by atoms with Crippen LogP contribution in [0.1, 0.15) is 92.2 Å². The first-order valence-electron chi connectivity index (χ1n) is 15.9. The molecule has 0 saturated carbocycles. The van der Waals surface area contributed by atoms with Gasteiger partial charge < -0.3 is 10.2 Å². The zero-order valence-corrected chi connectivity index (χ0v) is 27.1. The molecule has 0 radical (unpaired) electrons. The summed E-state index contributed by atoms with van der Waals surface area (Å²) in [5.41, 5.74) is 3.20. The Labute approximate surface area is 252 Å².